The Hall–Kier alpha value is -1.12. The molecule has 0 spiro atoms. The van der Waals surface area contributed by atoms with Crippen molar-refractivity contribution in [3.05, 3.63) is 99.0 Å². The molecule has 1 saturated heterocycles. The van der Waals surface area contributed by atoms with Crippen LogP contribution in [0.4, 0.5) is 4.79 Å². The standard InChI is InChI=1S/C24H16I3NO3S/c25-18-8-6-15(7-9-18)13-28-23(29)21(32-24(28)30)12-17-10-19(26)22(20(27)11-17)31-14-16-4-2-1-3-5-16/h1-12H,13-14H2/b21-12-. The van der Waals surface area contributed by atoms with E-state index in [0.29, 0.717) is 11.5 Å². The molecule has 162 valence electrons. The molecule has 0 radical (unpaired) electrons. The summed E-state index contributed by atoms with van der Waals surface area (Å²) in [7, 11) is 0. The second-order valence-electron chi connectivity index (χ2n) is 6.98. The van der Waals surface area contributed by atoms with Gasteiger partial charge in [0.05, 0.1) is 18.6 Å². The average Bonchev–Trinajstić information content (AvgIpc) is 3.02. The van der Waals surface area contributed by atoms with E-state index in [1.165, 1.54) is 4.90 Å². The summed E-state index contributed by atoms with van der Waals surface area (Å²) in [6.07, 6.45) is 1.78. The van der Waals surface area contributed by atoms with Crippen molar-refractivity contribution in [2.75, 3.05) is 0 Å². The van der Waals surface area contributed by atoms with Gasteiger partial charge in [-0.2, -0.15) is 0 Å². The number of carbonyl (C=O) groups is 2. The van der Waals surface area contributed by atoms with E-state index in [2.05, 4.69) is 67.8 Å². The molecule has 1 aliphatic heterocycles. The summed E-state index contributed by atoms with van der Waals surface area (Å²) in [5, 5.41) is -0.244. The Morgan fingerprint density at radius 1 is 0.875 bits per heavy atom. The monoisotopic (exact) mass is 779 g/mol. The molecular weight excluding hydrogens is 763 g/mol. The van der Waals surface area contributed by atoms with Gasteiger partial charge in [-0.1, -0.05) is 42.5 Å². The summed E-state index contributed by atoms with van der Waals surface area (Å²) in [6.45, 7) is 0.768. The summed E-state index contributed by atoms with van der Waals surface area (Å²) in [4.78, 5) is 27.1. The van der Waals surface area contributed by atoms with Gasteiger partial charge in [0.2, 0.25) is 0 Å². The van der Waals surface area contributed by atoms with E-state index in [0.717, 1.165) is 44.9 Å². The SMILES string of the molecule is O=C1S/C(=C\c2cc(I)c(OCc3ccccc3)c(I)c2)C(=O)N1Cc1ccc(I)cc1. The minimum absolute atomic E-state index is 0.244. The van der Waals surface area contributed by atoms with Crippen molar-refractivity contribution < 1.29 is 14.3 Å². The van der Waals surface area contributed by atoms with Crippen LogP contribution in [0.1, 0.15) is 16.7 Å². The molecule has 0 atom stereocenters. The second-order valence-corrected chi connectivity index (χ2v) is 11.5. The first-order chi connectivity index (χ1) is 15.4. The highest BCUT2D eigenvalue weighted by molar-refractivity contribution is 14.1. The van der Waals surface area contributed by atoms with E-state index in [1.807, 2.05) is 66.7 Å². The number of ether oxygens (including phenoxy) is 1. The Labute approximate surface area is 231 Å². The molecule has 1 aliphatic rings. The van der Waals surface area contributed by atoms with E-state index < -0.39 is 0 Å². The van der Waals surface area contributed by atoms with Crippen LogP contribution in [-0.4, -0.2) is 16.0 Å². The fraction of sp³-hybridized carbons (Fsp3) is 0.0833. The number of hydrogen-bond acceptors (Lipinski definition) is 4. The van der Waals surface area contributed by atoms with Crippen LogP contribution in [0.15, 0.2) is 71.6 Å². The number of rotatable bonds is 6. The number of hydrogen-bond donors (Lipinski definition) is 0. The van der Waals surface area contributed by atoms with Crippen molar-refractivity contribution in [1.29, 1.82) is 0 Å². The van der Waals surface area contributed by atoms with Gasteiger partial charge in [-0.05, 0) is 127 Å². The molecule has 1 fully saturated rings. The average molecular weight is 779 g/mol. The topological polar surface area (TPSA) is 46.6 Å². The predicted molar refractivity (Wildman–Crippen MR) is 153 cm³/mol. The number of imide groups is 1. The molecular formula is C24H16I3NO3S. The molecule has 2 amide bonds. The van der Waals surface area contributed by atoms with Crippen LogP contribution in [0.5, 0.6) is 5.75 Å². The van der Waals surface area contributed by atoms with Crippen LogP contribution in [0.3, 0.4) is 0 Å². The Balaban J connectivity index is 1.50. The molecule has 0 saturated carbocycles. The molecule has 3 aromatic carbocycles. The Morgan fingerprint density at radius 2 is 1.53 bits per heavy atom. The summed E-state index contributed by atoms with van der Waals surface area (Å²) < 4.78 is 9.06. The van der Waals surface area contributed by atoms with Gasteiger partial charge in [0.1, 0.15) is 12.4 Å². The van der Waals surface area contributed by atoms with Crippen LogP contribution in [-0.2, 0) is 17.9 Å². The van der Waals surface area contributed by atoms with Crippen molar-refractivity contribution in [3.8, 4) is 5.75 Å². The highest BCUT2D eigenvalue weighted by Gasteiger charge is 2.35. The number of halogens is 3. The number of nitrogens with zero attached hydrogens (tertiary/aromatic N) is 1. The highest BCUT2D eigenvalue weighted by Crippen LogP contribution is 2.35. The third-order valence-electron chi connectivity index (χ3n) is 4.67. The molecule has 0 aromatic heterocycles. The lowest BCUT2D eigenvalue weighted by atomic mass is 10.2. The summed E-state index contributed by atoms with van der Waals surface area (Å²) in [6, 6.07) is 21.8. The van der Waals surface area contributed by atoms with E-state index >= 15 is 0 Å². The third kappa shape index (κ3) is 5.86. The lowest BCUT2D eigenvalue weighted by Gasteiger charge is -2.13. The van der Waals surface area contributed by atoms with Crippen LogP contribution in [0.25, 0.3) is 6.08 Å². The van der Waals surface area contributed by atoms with Crippen molar-refractivity contribution in [3.63, 3.8) is 0 Å². The first kappa shape index (κ1) is 24.0. The zero-order valence-corrected chi connectivity index (χ0v) is 23.8. The molecule has 3 aromatic rings. The molecule has 0 bridgehead atoms. The molecule has 1 heterocycles. The Morgan fingerprint density at radius 3 is 2.19 bits per heavy atom. The lowest BCUT2D eigenvalue weighted by molar-refractivity contribution is -0.123. The van der Waals surface area contributed by atoms with Crippen molar-refractivity contribution in [2.45, 2.75) is 13.2 Å². The summed E-state index contributed by atoms with van der Waals surface area (Å²) in [5.41, 5.74) is 2.90. The Bertz CT molecular complexity index is 1170. The van der Waals surface area contributed by atoms with Crippen LogP contribution >= 0.6 is 79.5 Å². The second kappa shape index (κ2) is 10.9. The van der Waals surface area contributed by atoms with Gasteiger partial charge in [-0.3, -0.25) is 14.5 Å². The highest BCUT2D eigenvalue weighted by atomic mass is 127. The molecule has 32 heavy (non-hydrogen) atoms. The first-order valence-electron chi connectivity index (χ1n) is 9.56. The van der Waals surface area contributed by atoms with Crippen LogP contribution in [0.2, 0.25) is 0 Å². The first-order valence-corrected chi connectivity index (χ1v) is 13.6. The maximum atomic E-state index is 12.9. The van der Waals surface area contributed by atoms with E-state index in [9.17, 15) is 9.59 Å². The lowest BCUT2D eigenvalue weighted by Crippen LogP contribution is -2.27. The summed E-state index contributed by atoms with van der Waals surface area (Å²) in [5.74, 6) is 0.562. The molecule has 0 unspecified atom stereocenters. The van der Waals surface area contributed by atoms with Gasteiger partial charge >= 0.3 is 0 Å². The Kier molecular flexibility index (Phi) is 8.16. The van der Waals surface area contributed by atoms with E-state index in [4.69, 9.17) is 4.74 Å². The fourth-order valence-corrected chi connectivity index (χ4v) is 6.42. The van der Waals surface area contributed by atoms with E-state index in [-0.39, 0.29) is 17.7 Å². The largest absolute Gasteiger partial charge is 0.487 e. The molecule has 4 nitrogen and oxygen atoms in total. The zero-order valence-electron chi connectivity index (χ0n) is 16.6. The summed E-state index contributed by atoms with van der Waals surface area (Å²) >= 11 is 7.70. The van der Waals surface area contributed by atoms with Crippen molar-refractivity contribution in [1.82, 2.24) is 4.90 Å². The quantitative estimate of drug-likeness (QED) is 0.195. The zero-order chi connectivity index (χ0) is 22.7. The van der Waals surface area contributed by atoms with E-state index in [1.54, 1.807) is 6.08 Å². The minimum Gasteiger partial charge on any atom is -0.487 e. The van der Waals surface area contributed by atoms with Gasteiger partial charge in [0.25, 0.3) is 11.1 Å². The number of amides is 2. The molecule has 0 N–H and O–H groups in total. The van der Waals surface area contributed by atoms with Gasteiger partial charge in [-0.25, -0.2) is 0 Å². The van der Waals surface area contributed by atoms with Gasteiger partial charge < -0.3 is 4.74 Å². The fourth-order valence-electron chi connectivity index (χ4n) is 3.09. The molecule has 4 rings (SSSR count). The van der Waals surface area contributed by atoms with Crippen molar-refractivity contribution in [2.24, 2.45) is 0 Å². The minimum atomic E-state index is -0.257. The van der Waals surface area contributed by atoms with Crippen LogP contribution < -0.4 is 4.74 Å². The number of carbonyl (C=O) groups excluding carboxylic acids is 2. The van der Waals surface area contributed by atoms with Crippen LogP contribution in [0, 0.1) is 10.7 Å². The van der Waals surface area contributed by atoms with Crippen molar-refractivity contribution >= 4 is 96.8 Å². The molecule has 0 aliphatic carbocycles. The van der Waals surface area contributed by atoms with Gasteiger partial charge in [0.15, 0.2) is 0 Å². The number of thioether (sulfide) groups is 1. The molecule has 8 heteroatoms. The third-order valence-corrected chi connectivity index (χ3v) is 7.90. The maximum absolute atomic E-state index is 12.9. The van der Waals surface area contributed by atoms with Gasteiger partial charge in [-0.15, -0.1) is 0 Å². The smallest absolute Gasteiger partial charge is 0.293 e. The predicted octanol–water partition coefficient (Wildman–Crippen LogP) is 7.32. The van der Waals surface area contributed by atoms with Gasteiger partial charge in [0, 0.05) is 3.57 Å². The normalized spacial score (nSPS) is 15.0. The number of benzene rings is 3. The maximum Gasteiger partial charge on any atom is 0.293 e.